The van der Waals surface area contributed by atoms with Crippen LogP contribution in [0.2, 0.25) is 0 Å². The highest BCUT2D eigenvalue weighted by Crippen LogP contribution is 2.28. The van der Waals surface area contributed by atoms with Crippen molar-refractivity contribution in [3.8, 4) is 0 Å². The van der Waals surface area contributed by atoms with Crippen LogP contribution in [0.1, 0.15) is 49.1 Å². The predicted octanol–water partition coefficient (Wildman–Crippen LogP) is 2.67. The molecule has 0 spiro atoms. The highest BCUT2D eigenvalue weighted by molar-refractivity contribution is 5.84. The number of hydrogen-bond donors (Lipinski definition) is 0. The van der Waals surface area contributed by atoms with E-state index in [2.05, 4.69) is 10.3 Å². The molecule has 1 aliphatic heterocycles. The minimum absolute atomic E-state index is 0.163. The highest BCUT2D eigenvalue weighted by atomic mass is 16.5. The van der Waals surface area contributed by atoms with Crippen LogP contribution in [-0.2, 0) is 11.3 Å². The molecular weight excluding hydrogens is 292 g/mol. The first kappa shape index (κ1) is 15.8. The lowest BCUT2D eigenvalue weighted by Crippen LogP contribution is -2.47. The Balaban J connectivity index is 1.78. The standard InChI is InChI=1S/C17H24N4O2/c1-12(16-13(2)19-23-14(16)3)17(22)21-10-5-4-7-15(21)11-20-9-6-8-18-20/h6,8-9,12,15H,4-5,7,10-11H2,1-3H3/t12-,15-/m1/s1. The van der Waals surface area contributed by atoms with Gasteiger partial charge in [-0.25, -0.2) is 0 Å². The van der Waals surface area contributed by atoms with Crippen molar-refractivity contribution in [3.63, 3.8) is 0 Å². The molecule has 2 aromatic rings. The molecule has 124 valence electrons. The normalized spacial score (nSPS) is 19.8. The summed E-state index contributed by atoms with van der Waals surface area (Å²) >= 11 is 0. The molecule has 3 rings (SSSR count). The fourth-order valence-electron chi connectivity index (χ4n) is 3.59. The van der Waals surface area contributed by atoms with E-state index in [9.17, 15) is 4.79 Å². The molecule has 0 unspecified atom stereocenters. The number of likely N-dealkylation sites (tertiary alicyclic amines) is 1. The molecule has 6 nitrogen and oxygen atoms in total. The van der Waals surface area contributed by atoms with E-state index >= 15 is 0 Å². The second-order valence-corrected chi connectivity index (χ2v) is 6.37. The number of carbonyl (C=O) groups is 1. The van der Waals surface area contributed by atoms with Gasteiger partial charge < -0.3 is 9.42 Å². The molecule has 3 heterocycles. The average molecular weight is 316 g/mol. The number of hydrogen-bond acceptors (Lipinski definition) is 4. The first-order chi connectivity index (χ1) is 11.1. The molecule has 0 N–H and O–H groups in total. The zero-order valence-corrected chi connectivity index (χ0v) is 14.0. The van der Waals surface area contributed by atoms with Crippen molar-refractivity contribution >= 4 is 5.91 Å². The Bertz CT molecular complexity index is 643. The van der Waals surface area contributed by atoms with Crippen molar-refractivity contribution in [1.82, 2.24) is 19.8 Å². The van der Waals surface area contributed by atoms with Gasteiger partial charge in [-0.2, -0.15) is 5.10 Å². The maximum atomic E-state index is 13.1. The van der Waals surface area contributed by atoms with Gasteiger partial charge in [-0.15, -0.1) is 0 Å². The molecule has 6 heteroatoms. The maximum Gasteiger partial charge on any atom is 0.230 e. The SMILES string of the molecule is Cc1noc(C)c1[C@@H](C)C(=O)N1CCCC[C@@H]1Cn1cccn1. The molecule has 0 bridgehead atoms. The van der Waals surface area contributed by atoms with Gasteiger partial charge in [-0.3, -0.25) is 9.48 Å². The van der Waals surface area contributed by atoms with Gasteiger partial charge >= 0.3 is 0 Å². The summed E-state index contributed by atoms with van der Waals surface area (Å²) in [6.45, 7) is 7.30. The second kappa shape index (κ2) is 6.56. The number of amides is 1. The van der Waals surface area contributed by atoms with Gasteiger partial charge in [-0.05, 0) is 46.1 Å². The van der Waals surface area contributed by atoms with Crippen LogP contribution < -0.4 is 0 Å². The molecule has 0 saturated carbocycles. The Labute approximate surface area is 136 Å². The van der Waals surface area contributed by atoms with Gasteiger partial charge in [0.25, 0.3) is 0 Å². The number of aryl methyl sites for hydroxylation is 2. The Kier molecular flexibility index (Phi) is 4.50. The number of piperidine rings is 1. The molecule has 0 aliphatic carbocycles. The van der Waals surface area contributed by atoms with E-state index in [1.54, 1.807) is 6.20 Å². The summed E-state index contributed by atoms with van der Waals surface area (Å²) in [5.41, 5.74) is 1.74. The van der Waals surface area contributed by atoms with Crippen LogP contribution in [-0.4, -0.2) is 38.3 Å². The lowest BCUT2D eigenvalue weighted by molar-refractivity contribution is -0.136. The smallest absolute Gasteiger partial charge is 0.230 e. The van der Waals surface area contributed by atoms with E-state index in [4.69, 9.17) is 4.52 Å². The summed E-state index contributed by atoms with van der Waals surface area (Å²) in [6.07, 6.45) is 6.99. The summed E-state index contributed by atoms with van der Waals surface area (Å²) in [4.78, 5) is 15.1. The zero-order chi connectivity index (χ0) is 16.4. The number of nitrogens with zero attached hydrogens (tertiary/aromatic N) is 4. The Morgan fingerprint density at radius 2 is 2.26 bits per heavy atom. The molecule has 1 saturated heterocycles. The summed E-state index contributed by atoms with van der Waals surface area (Å²) in [5, 5.41) is 8.27. The first-order valence-electron chi connectivity index (χ1n) is 8.28. The molecule has 2 aromatic heterocycles. The van der Waals surface area contributed by atoms with Crippen molar-refractivity contribution < 1.29 is 9.32 Å². The first-order valence-corrected chi connectivity index (χ1v) is 8.28. The number of carbonyl (C=O) groups excluding carboxylic acids is 1. The van der Waals surface area contributed by atoms with E-state index in [0.29, 0.717) is 0 Å². The summed E-state index contributed by atoms with van der Waals surface area (Å²) in [7, 11) is 0. The minimum Gasteiger partial charge on any atom is -0.361 e. The van der Waals surface area contributed by atoms with E-state index in [1.807, 2.05) is 42.6 Å². The molecule has 23 heavy (non-hydrogen) atoms. The third-order valence-electron chi connectivity index (χ3n) is 4.76. The number of rotatable bonds is 4. The molecule has 2 atom stereocenters. The Morgan fingerprint density at radius 1 is 1.43 bits per heavy atom. The monoisotopic (exact) mass is 316 g/mol. The van der Waals surface area contributed by atoms with E-state index in [-0.39, 0.29) is 17.9 Å². The van der Waals surface area contributed by atoms with Gasteiger partial charge in [0.05, 0.1) is 24.2 Å². The molecule has 1 aliphatic rings. The van der Waals surface area contributed by atoms with Crippen molar-refractivity contribution in [2.75, 3.05) is 6.54 Å². The largest absolute Gasteiger partial charge is 0.361 e. The van der Waals surface area contributed by atoms with Gasteiger partial charge in [0, 0.05) is 24.5 Å². The maximum absolute atomic E-state index is 13.1. The van der Waals surface area contributed by atoms with Crippen LogP contribution in [0, 0.1) is 13.8 Å². The van der Waals surface area contributed by atoms with Gasteiger partial charge in [-0.1, -0.05) is 5.16 Å². The molecular formula is C17H24N4O2. The lowest BCUT2D eigenvalue weighted by Gasteiger charge is -2.37. The summed E-state index contributed by atoms with van der Waals surface area (Å²) in [5.74, 6) is 0.680. The second-order valence-electron chi connectivity index (χ2n) is 6.37. The molecule has 0 aromatic carbocycles. The van der Waals surface area contributed by atoms with Crippen molar-refractivity contribution in [3.05, 3.63) is 35.5 Å². The fourth-order valence-corrected chi connectivity index (χ4v) is 3.59. The quantitative estimate of drug-likeness (QED) is 0.870. The molecule has 1 fully saturated rings. The zero-order valence-electron chi connectivity index (χ0n) is 14.0. The van der Waals surface area contributed by atoms with Crippen LogP contribution in [0.25, 0.3) is 0 Å². The van der Waals surface area contributed by atoms with E-state index in [1.165, 1.54) is 0 Å². The molecule has 1 amide bonds. The predicted molar refractivity (Wildman–Crippen MR) is 86.0 cm³/mol. The van der Waals surface area contributed by atoms with E-state index in [0.717, 1.165) is 49.4 Å². The Hall–Kier alpha value is -2.11. The topological polar surface area (TPSA) is 64.2 Å². The van der Waals surface area contributed by atoms with Crippen molar-refractivity contribution in [2.24, 2.45) is 0 Å². The minimum atomic E-state index is -0.223. The van der Waals surface area contributed by atoms with E-state index < -0.39 is 0 Å². The van der Waals surface area contributed by atoms with Gasteiger partial charge in [0.2, 0.25) is 5.91 Å². The van der Waals surface area contributed by atoms with Crippen LogP contribution in [0.4, 0.5) is 0 Å². The van der Waals surface area contributed by atoms with Crippen molar-refractivity contribution in [1.29, 1.82) is 0 Å². The van der Waals surface area contributed by atoms with Crippen molar-refractivity contribution in [2.45, 2.75) is 58.5 Å². The third-order valence-corrected chi connectivity index (χ3v) is 4.76. The van der Waals surface area contributed by atoms with Crippen LogP contribution >= 0.6 is 0 Å². The van der Waals surface area contributed by atoms with Crippen LogP contribution in [0.3, 0.4) is 0 Å². The molecule has 0 radical (unpaired) electrons. The lowest BCUT2D eigenvalue weighted by atomic mass is 9.94. The number of aromatic nitrogens is 3. The van der Waals surface area contributed by atoms with Gasteiger partial charge in [0.15, 0.2) is 0 Å². The van der Waals surface area contributed by atoms with Crippen LogP contribution in [0.5, 0.6) is 0 Å². The highest BCUT2D eigenvalue weighted by Gasteiger charge is 2.32. The Morgan fingerprint density at radius 3 is 2.91 bits per heavy atom. The van der Waals surface area contributed by atoms with Gasteiger partial charge in [0.1, 0.15) is 5.76 Å². The third kappa shape index (κ3) is 3.16. The summed E-state index contributed by atoms with van der Waals surface area (Å²) < 4.78 is 7.14. The average Bonchev–Trinajstić information content (AvgIpc) is 3.17. The van der Waals surface area contributed by atoms with Crippen LogP contribution in [0.15, 0.2) is 23.0 Å². The fraction of sp³-hybridized carbons (Fsp3) is 0.588. The summed E-state index contributed by atoms with van der Waals surface area (Å²) in [6, 6.07) is 2.13.